The number of oxazole rings is 1. The highest BCUT2D eigenvalue weighted by atomic mass is 32.2. The normalized spacial score (nSPS) is 16.3. The van der Waals surface area contributed by atoms with E-state index >= 15 is 0 Å². The molecular formula is C22H26N6OS2. The Bertz CT molecular complexity index is 1170. The minimum Gasteiger partial charge on any atom is -0.440 e. The van der Waals surface area contributed by atoms with Crippen LogP contribution >= 0.6 is 23.1 Å². The maximum atomic E-state index is 5.46. The Kier molecular flexibility index (Phi) is 5.71. The van der Waals surface area contributed by atoms with E-state index in [1.807, 2.05) is 18.5 Å². The zero-order valence-electron chi connectivity index (χ0n) is 18.0. The first kappa shape index (κ1) is 20.5. The Hall–Kier alpha value is -2.39. The highest BCUT2D eigenvalue weighted by Crippen LogP contribution is 2.33. The van der Waals surface area contributed by atoms with E-state index in [2.05, 4.69) is 44.5 Å². The molecule has 7 nitrogen and oxygen atoms in total. The minimum atomic E-state index is 0.688. The lowest BCUT2D eigenvalue weighted by Crippen LogP contribution is -2.12. The molecule has 0 bridgehead atoms. The molecule has 0 spiro atoms. The standard InChI is InChI=1S/C22H26N6OS2/c1-13-20(29-12-24-13)21-26-27-22(28(21)3)30-8-4-5-15-6-7-16-9-18-19(31-14(2)25-18)10-17(16)23-11-15/h9-10,12,15,23H,4-8,11H2,1-3H3. The molecule has 1 N–H and O–H groups in total. The third kappa shape index (κ3) is 4.21. The van der Waals surface area contributed by atoms with E-state index in [4.69, 9.17) is 4.42 Å². The average Bonchev–Trinajstić information content (AvgIpc) is 3.39. The molecule has 1 unspecified atom stereocenters. The first-order chi connectivity index (χ1) is 15.1. The van der Waals surface area contributed by atoms with Crippen molar-refractivity contribution in [3.8, 4) is 11.6 Å². The van der Waals surface area contributed by atoms with Gasteiger partial charge in [-0.25, -0.2) is 9.97 Å². The van der Waals surface area contributed by atoms with Gasteiger partial charge in [0.1, 0.15) is 0 Å². The summed E-state index contributed by atoms with van der Waals surface area (Å²) >= 11 is 3.53. The van der Waals surface area contributed by atoms with Gasteiger partial charge in [0, 0.05) is 25.0 Å². The van der Waals surface area contributed by atoms with Gasteiger partial charge in [0.05, 0.1) is 20.9 Å². The van der Waals surface area contributed by atoms with Crippen molar-refractivity contribution >= 4 is 39.0 Å². The molecule has 5 rings (SSSR count). The Morgan fingerprint density at radius 3 is 3.03 bits per heavy atom. The maximum absolute atomic E-state index is 5.46. The van der Waals surface area contributed by atoms with E-state index in [0.717, 1.165) is 52.3 Å². The van der Waals surface area contributed by atoms with Crippen molar-refractivity contribution in [2.24, 2.45) is 13.0 Å². The van der Waals surface area contributed by atoms with Crippen molar-refractivity contribution in [3.63, 3.8) is 0 Å². The van der Waals surface area contributed by atoms with Crippen LogP contribution in [0.5, 0.6) is 0 Å². The number of benzene rings is 1. The van der Waals surface area contributed by atoms with Gasteiger partial charge in [0.25, 0.3) is 0 Å². The zero-order valence-corrected chi connectivity index (χ0v) is 19.6. The number of hydrogen-bond donors (Lipinski definition) is 1. The molecule has 162 valence electrons. The molecule has 31 heavy (non-hydrogen) atoms. The quantitative estimate of drug-likeness (QED) is 0.315. The van der Waals surface area contributed by atoms with Crippen LogP contribution in [-0.2, 0) is 13.5 Å². The lowest BCUT2D eigenvalue weighted by molar-refractivity contribution is 0.476. The molecule has 4 aromatic rings. The Morgan fingerprint density at radius 1 is 1.29 bits per heavy atom. The SMILES string of the molecule is Cc1nc2cc3c(cc2s1)NCC(CCCSc1nnc(-c2ocnc2C)n1C)CC3. The van der Waals surface area contributed by atoms with Gasteiger partial charge in [-0.05, 0) is 63.1 Å². The van der Waals surface area contributed by atoms with E-state index in [9.17, 15) is 0 Å². The number of aromatic nitrogens is 5. The van der Waals surface area contributed by atoms with E-state index < -0.39 is 0 Å². The van der Waals surface area contributed by atoms with Crippen molar-refractivity contribution in [2.45, 2.75) is 44.7 Å². The molecule has 0 amide bonds. The van der Waals surface area contributed by atoms with E-state index in [0.29, 0.717) is 11.7 Å². The summed E-state index contributed by atoms with van der Waals surface area (Å²) in [6.07, 6.45) is 6.17. The summed E-state index contributed by atoms with van der Waals surface area (Å²) in [4.78, 5) is 8.80. The molecule has 0 radical (unpaired) electrons. The molecule has 0 saturated carbocycles. The fourth-order valence-electron chi connectivity index (χ4n) is 4.16. The molecular weight excluding hydrogens is 428 g/mol. The van der Waals surface area contributed by atoms with Crippen LogP contribution in [0.25, 0.3) is 21.8 Å². The molecule has 0 fully saturated rings. The topological polar surface area (TPSA) is 81.7 Å². The Labute approximate surface area is 189 Å². The van der Waals surface area contributed by atoms with Gasteiger partial charge < -0.3 is 14.3 Å². The molecule has 1 aliphatic heterocycles. The predicted molar refractivity (Wildman–Crippen MR) is 126 cm³/mol. The summed E-state index contributed by atoms with van der Waals surface area (Å²) in [5, 5.41) is 14.4. The molecule has 1 aromatic carbocycles. The molecule has 3 aromatic heterocycles. The Morgan fingerprint density at radius 2 is 2.19 bits per heavy atom. The van der Waals surface area contributed by atoms with Crippen LogP contribution < -0.4 is 5.32 Å². The second-order valence-electron chi connectivity index (χ2n) is 8.12. The second kappa shape index (κ2) is 8.63. The van der Waals surface area contributed by atoms with Crippen LogP contribution in [0.15, 0.2) is 28.1 Å². The number of anilines is 1. The smallest absolute Gasteiger partial charge is 0.202 e. The van der Waals surface area contributed by atoms with Crippen LogP contribution in [0.1, 0.15) is 35.5 Å². The summed E-state index contributed by atoms with van der Waals surface area (Å²) in [7, 11) is 1.98. The number of rotatable bonds is 6. The summed E-state index contributed by atoms with van der Waals surface area (Å²) in [5.74, 6) is 3.14. The molecule has 0 aliphatic carbocycles. The van der Waals surface area contributed by atoms with Crippen LogP contribution in [0.2, 0.25) is 0 Å². The fraction of sp³-hybridized carbons (Fsp3) is 0.455. The average molecular weight is 455 g/mol. The van der Waals surface area contributed by atoms with Gasteiger partial charge >= 0.3 is 0 Å². The lowest BCUT2D eigenvalue weighted by atomic mass is 9.97. The molecule has 9 heteroatoms. The van der Waals surface area contributed by atoms with Gasteiger partial charge in [0.2, 0.25) is 5.82 Å². The zero-order chi connectivity index (χ0) is 21.4. The Balaban J connectivity index is 1.14. The monoisotopic (exact) mass is 454 g/mol. The number of hydrogen-bond acceptors (Lipinski definition) is 8. The number of thiazole rings is 1. The van der Waals surface area contributed by atoms with E-state index in [-0.39, 0.29) is 0 Å². The number of fused-ring (bicyclic) bond motifs is 2. The predicted octanol–water partition coefficient (Wildman–Crippen LogP) is 5.24. The van der Waals surface area contributed by atoms with E-state index in [1.165, 1.54) is 35.2 Å². The van der Waals surface area contributed by atoms with Crippen molar-refractivity contribution in [2.75, 3.05) is 17.6 Å². The second-order valence-corrected chi connectivity index (χ2v) is 10.4. The third-order valence-corrected chi connectivity index (χ3v) is 7.93. The minimum absolute atomic E-state index is 0.688. The molecule has 4 heterocycles. The summed E-state index contributed by atoms with van der Waals surface area (Å²) in [5.41, 5.74) is 4.67. The largest absolute Gasteiger partial charge is 0.440 e. The van der Waals surface area contributed by atoms with Crippen LogP contribution in [0.3, 0.4) is 0 Å². The number of nitrogens with one attached hydrogen (secondary N) is 1. The van der Waals surface area contributed by atoms with Gasteiger partial charge in [-0.1, -0.05) is 11.8 Å². The van der Waals surface area contributed by atoms with Crippen molar-refractivity contribution in [3.05, 3.63) is 34.8 Å². The van der Waals surface area contributed by atoms with Gasteiger partial charge in [0.15, 0.2) is 17.3 Å². The molecule has 1 aliphatic rings. The van der Waals surface area contributed by atoms with Crippen molar-refractivity contribution in [1.29, 1.82) is 0 Å². The van der Waals surface area contributed by atoms with Gasteiger partial charge in [-0.2, -0.15) is 0 Å². The van der Waals surface area contributed by atoms with Crippen LogP contribution in [0.4, 0.5) is 5.69 Å². The molecule has 0 saturated heterocycles. The highest BCUT2D eigenvalue weighted by molar-refractivity contribution is 7.99. The van der Waals surface area contributed by atoms with Crippen LogP contribution in [-0.4, -0.2) is 37.0 Å². The van der Waals surface area contributed by atoms with Gasteiger partial charge in [-0.3, -0.25) is 0 Å². The van der Waals surface area contributed by atoms with Crippen molar-refractivity contribution in [1.82, 2.24) is 24.7 Å². The number of aryl methyl sites for hydroxylation is 3. The summed E-state index contributed by atoms with van der Waals surface area (Å²) < 4.78 is 8.73. The maximum Gasteiger partial charge on any atom is 0.202 e. The van der Waals surface area contributed by atoms with E-state index in [1.54, 1.807) is 23.1 Å². The number of nitrogens with zero attached hydrogens (tertiary/aromatic N) is 5. The van der Waals surface area contributed by atoms with Crippen molar-refractivity contribution < 1.29 is 4.42 Å². The third-order valence-electron chi connectivity index (χ3n) is 5.89. The first-order valence-corrected chi connectivity index (χ1v) is 12.5. The van der Waals surface area contributed by atoms with Crippen LogP contribution in [0, 0.1) is 19.8 Å². The molecule has 1 atom stereocenters. The lowest BCUT2D eigenvalue weighted by Gasteiger charge is -2.14. The summed E-state index contributed by atoms with van der Waals surface area (Å²) in [6.45, 7) is 5.04. The summed E-state index contributed by atoms with van der Waals surface area (Å²) in [6, 6.07) is 4.57. The number of thioether (sulfide) groups is 1. The fourth-order valence-corrected chi connectivity index (χ4v) is 5.88. The van der Waals surface area contributed by atoms with Gasteiger partial charge in [-0.15, -0.1) is 21.5 Å². The highest BCUT2D eigenvalue weighted by Gasteiger charge is 2.19. The first-order valence-electron chi connectivity index (χ1n) is 10.6.